The molecule has 1 heterocycles. The second-order valence-corrected chi connectivity index (χ2v) is 3.64. The van der Waals surface area contributed by atoms with Crippen molar-refractivity contribution in [1.82, 2.24) is 4.98 Å². The molecule has 70 valence electrons. The van der Waals surface area contributed by atoms with E-state index in [0.29, 0.717) is 17.3 Å². The number of thiol groups is 1. The van der Waals surface area contributed by atoms with Gasteiger partial charge >= 0.3 is 51.4 Å². The van der Waals surface area contributed by atoms with Crippen molar-refractivity contribution in [3.8, 4) is 0 Å². The molecule has 0 aromatic carbocycles. The summed E-state index contributed by atoms with van der Waals surface area (Å²) < 4.78 is 0. The van der Waals surface area contributed by atoms with Crippen LogP contribution in [0, 0.1) is 0 Å². The number of hydrogen-bond acceptors (Lipinski definition) is 3. The van der Waals surface area contributed by atoms with Gasteiger partial charge in [-0.2, -0.15) is 0 Å². The van der Waals surface area contributed by atoms with E-state index in [1.807, 2.05) is 0 Å². The van der Waals surface area contributed by atoms with Crippen LogP contribution in [-0.2, 0) is 0 Å². The van der Waals surface area contributed by atoms with E-state index in [9.17, 15) is 4.79 Å². The Kier molecular flexibility index (Phi) is 4.61. The third-order valence-electron chi connectivity index (χ3n) is 2.24. The Morgan fingerprint density at radius 1 is 1.64 bits per heavy atom. The zero-order chi connectivity index (χ0) is 9.42. The van der Waals surface area contributed by atoms with Crippen molar-refractivity contribution in [3.63, 3.8) is 0 Å². The number of nitrogens with two attached hydrogens (primary N) is 1. The first kappa shape index (κ1) is 12.7. The van der Waals surface area contributed by atoms with Crippen molar-refractivity contribution in [1.29, 1.82) is 0 Å². The topological polar surface area (TPSA) is 56.0 Å². The van der Waals surface area contributed by atoms with Gasteiger partial charge in [0.2, 0.25) is 5.12 Å². The quantitative estimate of drug-likeness (QED) is 0.495. The van der Waals surface area contributed by atoms with Gasteiger partial charge in [0, 0.05) is 17.3 Å². The third-order valence-corrected chi connectivity index (χ3v) is 2.48. The minimum Gasteiger partial charge on any atom is -1.00 e. The normalized spacial score (nSPS) is 14.6. The van der Waals surface area contributed by atoms with Crippen LogP contribution in [0.15, 0.2) is 12.3 Å². The Bertz CT molecular complexity index is 371. The summed E-state index contributed by atoms with van der Waals surface area (Å²) in [6.07, 6.45) is 3.75. The molecule has 1 aromatic heterocycles. The number of carbonyl (C=O) groups excluding carboxylic acids is 1. The Morgan fingerprint density at radius 3 is 2.79 bits per heavy atom. The molecule has 0 bridgehead atoms. The molecular formula is C9H11KN2OS. The first-order valence-electron chi connectivity index (χ1n) is 4.18. The van der Waals surface area contributed by atoms with E-state index >= 15 is 0 Å². The van der Waals surface area contributed by atoms with Crippen LogP contribution in [0.4, 0.5) is 5.82 Å². The second kappa shape index (κ2) is 5.09. The number of anilines is 1. The van der Waals surface area contributed by atoms with Crippen molar-refractivity contribution < 1.29 is 57.6 Å². The predicted molar refractivity (Wildman–Crippen MR) is 55.1 cm³/mol. The van der Waals surface area contributed by atoms with Crippen LogP contribution in [0.1, 0.15) is 36.1 Å². The summed E-state index contributed by atoms with van der Waals surface area (Å²) >= 11 is 3.80. The molecule has 0 aliphatic heterocycles. The first-order chi connectivity index (χ1) is 6.20. The largest absolute Gasteiger partial charge is 1.00 e. The molecule has 5 heteroatoms. The van der Waals surface area contributed by atoms with E-state index in [-0.39, 0.29) is 57.9 Å². The number of hydrogen-bond donors (Lipinski definition) is 2. The minimum atomic E-state index is -0.226. The fraction of sp³-hybridized carbons (Fsp3) is 0.333. The summed E-state index contributed by atoms with van der Waals surface area (Å²) in [7, 11) is 0. The summed E-state index contributed by atoms with van der Waals surface area (Å²) in [5.41, 5.74) is 7.20. The smallest absolute Gasteiger partial charge is 1.00 e. The molecule has 0 atom stereocenters. The number of nitrogen functional groups attached to an aromatic ring is 1. The van der Waals surface area contributed by atoms with Gasteiger partial charge in [-0.25, -0.2) is 4.98 Å². The predicted octanol–water partition coefficient (Wildman–Crippen LogP) is -1.27. The Labute approximate surface area is 132 Å². The van der Waals surface area contributed by atoms with E-state index in [0.717, 1.165) is 18.4 Å². The monoisotopic (exact) mass is 234 g/mol. The van der Waals surface area contributed by atoms with Gasteiger partial charge in [0.1, 0.15) is 5.82 Å². The van der Waals surface area contributed by atoms with Gasteiger partial charge in [0.05, 0.1) is 0 Å². The maximum Gasteiger partial charge on any atom is 1.00 e. The maximum atomic E-state index is 11.1. The summed E-state index contributed by atoms with van der Waals surface area (Å²) in [6.45, 7) is 0. The van der Waals surface area contributed by atoms with Crippen LogP contribution in [0.5, 0.6) is 0 Å². The molecule has 1 aromatic rings. The van der Waals surface area contributed by atoms with Crippen molar-refractivity contribution in [2.75, 3.05) is 5.73 Å². The van der Waals surface area contributed by atoms with Gasteiger partial charge in [0.15, 0.2) is 0 Å². The molecule has 0 radical (unpaired) electrons. The molecular weight excluding hydrogens is 223 g/mol. The Hall–Kier alpha value is 0.606. The molecule has 0 amide bonds. The van der Waals surface area contributed by atoms with Crippen LogP contribution in [0.25, 0.3) is 0 Å². The van der Waals surface area contributed by atoms with Crippen molar-refractivity contribution in [2.45, 2.75) is 18.8 Å². The molecule has 0 saturated heterocycles. The average Bonchev–Trinajstić information content (AvgIpc) is 2.86. The molecule has 0 spiro atoms. The van der Waals surface area contributed by atoms with Gasteiger partial charge in [-0.15, -0.1) is 12.6 Å². The van der Waals surface area contributed by atoms with Crippen LogP contribution in [0.2, 0.25) is 0 Å². The van der Waals surface area contributed by atoms with Crippen LogP contribution < -0.4 is 57.1 Å². The van der Waals surface area contributed by atoms with E-state index < -0.39 is 0 Å². The summed E-state index contributed by atoms with van der Waals surface area (Å²) in [5.74, 6) is 0.905. The Morgan fingerprint density at radius 2 is 2.29 bits per heavy atom. The van der Waals surface area contributed by atoms with Crippen molar-refractivity contribution in [3.05, 3.63) is 23.4 Å². The van der Waals surface area contributed by atoms with Crippen LogP contribution in [0.3, 0.4) is 0 Å². The number of rotatable bonds is 2. The summed E-state index contributed by atoms with van der Waals surface area (Å²) in [6, 6.07) is 1.68. The zero-order valence-corrected chi connectivity index (χ0v) is 12.0. The number of pyridine rings is 1. The molecule has 1 aliphatic rings. The number of nitrogens with zero attached hydrogens (tertiary/aromatic N) is 1. The van der Waals surface area contributed by atoms with E-state index in [1.165, 1.54) is 0 Å². The average molecular weight is 234 g/mol. The number of carbonyl (C=O) groups is 1. The third kappa shape index (κ3) is 2.59. The molecule has 1 saturated carbocycles. The maximum absolute atomic E-state index is 11.1. The zero-order valence-electron chi connectivity index (χ0n) is 9.03. The Balaban J connectivity index is 0.000000980. The van der Waals surface area contributed by atoms with Gasteiger partial charge in [-0.3, -0.25) is 4.79 Å². The van der Waals surface area contributed by atoms with Gasteiger partial charge < -0.3 is 7.16 Å². The van der Waals surface area contributed by atoms with Crippen molar-refractivity contribution in [2.24, 2.45) is 0 Å². The molecule has 2 N–H and O–H groups in total. The number of aromatic nitrogens is 1. The van der Waals surface area contributed by atoms with Gasteiger partial charge in [-0.05, 0) is 24.8 Å². The molecule has 1 fully saturated rings. The minimum absolute atomic E-state index is 0. The van der Waals surface area contributed by atoms with Crippen molar-refractivity contribution >= 4 is 23.6 Å². The van der Waals surface area contributed by atoms with Gasteiger partial charge in [0.25, 0.3) is 0 Å². The second-order valence-electron chi connectivity index (χ2n) is 3.24. The van der Waals surface area contributed by atoms with E-state index in [4.69, 9.17) is 5.73 Å². The summed E-state index contributed by atoms with van der Waals surface area (Å²) in [4.78, 5) is 15.1. The van der Waals surface area contributed by atoms with Gasteiger partial charge in [-0.1, -0.05) is 0 Å². The molecule has 3 nitrogen and oxygen atoms in total. The fourth-order valence-corrected chi connectivity index (χ4v) is 1.67. The molecule has 2 rings (SSSR count). The van der Waals surface area contributed by atoms with Crippen LogP contribution in [-0.4, -0.2) is 10.1 Å². The SMILES string of the molecule is Nc1nccc(C(=O)S)c1C1CC1.[H-].[K+]. The van der Waals surface area contributed by atoms with Crippen LogP contribution >= 0.6 is 12.6 Å². The first-order valence-corrected chi connectivity index (χ1v) is 4.62. The fourth-order valence-electron chi connectivity index (χ4n) is 1.48. The molecule has 1 aliphatic carbocycles. The molecule has 14 heavy (non-hydrogen) atoms. The summed E-state index contributed by atoms with van der Waals surface area (Å²) in [5, 5.41) is -0.226. The molecule has 0 unspecified atom stereocenters. The van der Waals surface area contributed by atoms with E-state index in [1.54, 1.807) is 12.3 Å². The standard InChI is InChI=1S/C9H10N2OS.K.H/c10-8-7(5-1-2-5)6(9(12)13)3-4-11-8;;/h3-5H,1-2H2,(H2,10,11)(H,12,13);;/q;+1;-1. The van der Waals surface area contributed by atoms with E-state index in [2.05, 4.69) is 17.6 Å².